The lowest BCUT2D eigenvalue weighted by molar-refractivity contribution is -0.142. The second kappa shape index (κ2) is 10.1. The fraction of sp³-hybridized carbons (Fsp3) is 0.667. The van der Waals surface area contributed by atoms with Crippen LogP contribution in [0.1, 0.15) is 34.6 Å². The van der Waals surface area contributed by atoms with Gasteiger partial charge in [0.1, 0.15) is 17.7 Å². The number of nitrogens with one attached hydrogen (secondary N) is 3. The van der Waals surface area contributed by atoms with Gasteiger partial charge < -0.3 is 14.8 Å². The lowest BCUT2D eigenvalue weighted by atomic mass is 10.2. The first-order valence-electron chi connectivity index (χ1n) is 7.84. The molecule has 0 aromatic carbocycles. The van der Waals surface area contributed by atoms with Crippen molar-refractivity contribution in [3.8, 4) is 12.3 Å². The number of nitrogens with zero attached hydrogens (tertiary/aromatic N) is 1. The Bertz CT molecular complexity index is 694. The van der Waals surface area contributed by atoms with Crippen LogP contribution in [0.25, 0.3) is 0 Å². The van der Waals surface area contributed by atoms with E-state index >= 15 is 0 Å². The minimum Gasteiger partial charge on any atom is -0.468 e. The lowest BCUT2D eigenvalue weighted by Crippen LogP contribution is -2.57. The number of esters is 1. The van der Waals surface area contributed by atoms with Crippen LogP contribution in [0.2, 0.25) is 0 Å². The Labute approximate surface area is 159 Å². The molecular weight excluding hydrogens is 380 g/mol. The molecule has 0 aromatic heterocycles. The Balaban J connectivity index is 5.08. The summed E-state index contributed by atoms with van der Waals surface area (Å²) in [5.74, 6) is 0.374. The van der Waals surface area contributed by atoms with Gasteiger partial charge in [0.25, 0.3) is 16.1 Å². The van der Waals surface area contributed by atoms with Gasteiger partial charge >= 0.3 is 12.1 Å². The monoisotopic (exact) mass is 406 g/mol. The zero-order valence-electron chi connectivity index (χ0n) is 16.2. The zero-order chi connectivity index (χ0) is 21.4. The van der Waals surface area contributed by atoms with Crippen molar-refractivity contribution in [2.45, 2.75) is 52.3 Å². The molecular formula is C15H26N4O7S. The van der Waals surface area contributed by atoms with E-state index < -0.39 is 52.4 Å². The maximum atomic E-state index is 12.3. The molecule has 0 heterocycles. The van der Waals surface area contributed by atoms with Gasteiger partial charge in [-0.25, -0.2) is 4.79 Å². The van der Waals surface area contributed by atoms with E-state index in [9.17, 15) is 22.8 Å². The largest absolute Gasteiger partial charge is 0.468 e. The fourth-order valence-corrected chi connectivity index (χ4v) is 2.67. The molecule has 0 aliphatic carbocycles. The molecule has 11 nitrogen and oxygen atoms in total. The molecule has 12 heteroatoms. The van der Waals surface area contributed by atoms with Crippen molar-refractivity contribution in [2.24, 2.45) is 0 Å². The molecule has 0 bridgehead atoms. The number of methoxy groups -OCH3 is 1. The molecule has 0 aromatic rings. The summed E-state index contributed by atoms with van der Waals surface area (Å²) in [6.07, 6.45) is 4.28. The molecule has 0 spiro atoms. The summed E-state index contributed by atoms with van der Waals surface area (Å²) < 4.78 is 36.5. The molecule has 0 unspecified atom stereocenters. The van der Waals surface area contributed by atoms with Crippen molar-refractivity contribution in [1.82, 2.24) is 19.9 Å². The van der Waals surface area contributed by atoms with Gasteiger partial charge in [0.05, 0.1) is 13.7 Å². The van der Waals surface area contributed by atoms with Crippen molar-refractivity contribution < 1.29 is 32.3 Å². The first kappa shape index (κ1) is 24.6. The first-order chi connectivity index (χ1) is 12.2. The zero-order valence-corrected chi connectivity index (χ0v) is 17.0. The number of rotatable bonds is 8. The predicted molar refractivity (Wildman–Crippen MR) is 96.0 cm³/mol. The number of carbonyl (C=O) groups is 3. The third-order valence-electron chi connectivity index (χ3n) is 2.77. The Morgan fingerprint density at radius 3 is 2.19 bits per heavy atom. The minimum absolute atomic E-state index is 0.433. The van der Waals surface area contributed by atoms with Crippen molar-refractivity contribution in [3.63, 3.8) is 0 Å². The molecule has 0 fully saturated rings. The summed E-state index contributed by atoms with van der Waals surface area (Å²) in [7, 11) is -3.27. The third kappa shape index (κ3) is 9.23. The van der Waals surface area contributed by atoms with Crippen molar-refractivity contribution in [1.29, 1.82) is 0 Å². The SMILES string of the molecule is C#CCN(NC(=O)[C@H](C)NC(=O)OC(C)(C)C)S(=O)(=O)N[C@@H](C)C(=O)OC. The van der Waals surface area contributed by atoms with Crippen LogP contribution < -0.4 is 15.5 Å². The molecule has 0 radical (unpaired) electrons. The normalized spacial score (nSPS) is 13.9. The van der Waals surface area contributed by atoms with E-state index in [2.05, 4.69) is 21.4 Å². The van der Waals surface area contributed by atoms with Gasteiger partial charge in [-0.1, -0.05) is 10.3 Å². The number of amides is 2. The van der Waals surface area contributed by atoms with Crippen LogP contribution in [-0.4, -0.2) is 62.1 Å². The van der Waals surface area contributed by atoms with Gasteiger partial charge in [0, 0.05) is 0 Å². The number of terminal acetylenes is 1. The highest BCUT2D eigenvalue weighted by Crippen LogP contribution is 2.07. The highest BCUT2D eigenvalue weighted by atomic mass is 32.2. The third-order valence-corrected chi connectivity index (χ3v) is 4.22. The van der Waals surface area contributed by atoms with E-state index in [-0.39, 0.29) is 0 Å². The Hall–Kier alpha value is -2.36. The number of alkyl carbamates (subject to hydrolysis) is 1. The van der Waals surface area contributed by atoms with Gasteiger partial charge in [-0.15, -0.1) is 6.42 Å². The van der Waals surface area contributed by atoms with Gasteiger partial charge in [0.15, 0.2) is 0 Å². The molecule has 3 N–H and O–H groups in total. The molecule has 0 aliphatic rings. The summed E-state index contributed by atoms with van der Waals surface area (Å²) in [6.45, 7) is 7.00. The molecule has 0 saturated carbocycles. The highest BCUT2D eigenvalue weighted by Gasteiger charge is 2.30. The van der Waals surface area contributed by atoms with E-state index in [0.29, 0.717) is 4.41 Å². The summed E-state index contributed by atoms with van der Waals surface area (Å²) in [5, 5.41) is 2.26. The Kier molecular flexibility index (Phi) is 9.22. The average molecular weight is 406 g/mol. The first-order valence-corrected chi connectivity index (χ1v) is 9.28. The summed E-state index contributed by atoms with van der Waals surface area (Å²) in [4.78, 5) is 35.2. The van der Waals surface area contributed by atoms with E-state index in [0.717, 1.165) is 7.11 Å². The molecule has 2 amide bonds. The number of hydrogen-bond donors (Lipinski definition) is 3. The smallest absolute Gasteiger partial charge is 0.408 e. The quantitative estimate of drug-likeness (QED) is 0.274. The van der Waals surface area contributed by atoms with E-state index in [1.165, 1.54) is 13.8 Å². The molecule has 0 aliphatic heterocycles. The van der Waals surface area contributed by atoms with Crippen LogP contribution in [0.5, 0.6) is 0 Å². The van der Waals surface area contributed by atoms with Crippen LogP contribution >= 0.6 is 0 Å². The highest BCUT2D eigenvalue weighted by molar-refractivity contribution is 7.87. The molecule has 0 rings (SSSR count). The summed E-state index contributed by atoms with van der Waals surface area (Å²) >= 11 is 0. The van der Waals surface area contributed by atoms with Crippen molar-refractivity contribution >= 4 is 28.2 Å². The number of carbonyl (C=O) groups excluding carboxylic acids is 3. The van der Waals surface area contributed by atoms with Crippen LogP contribution in [0.3, 0.4) is 0 Å². The average Bonchev–Trinajstić information content (AvgIpc) is 2.50. The Morgan fingerprint density at radius 1 is 1.19 bits per heavy atom. The summed E-state index contributed by atoms with van der Waals surface area (Å²) in [5.41, 5.74) is 1.30. The van der Waals surface area contributed by atoms with E-state index in [4.69, 9.17) is 11.2 Å². The number of hydrazine groups is 1. The fourth-order valence-electron chi connectivity index (χ4n) is 1.55. The predicted octanol–water partition coefficient (Wildman–Crippen LogP) is -0.738. The second-order valence-corrected chi connectivity index (χ2v) is 8.05. The topological polar surface area (TPSA) is 143 Å². The maximum Gasteiger partial charge on any atom is 0.408 e. The van der Waals surface area contributed by atoms with Crippen LogP contribution in [0.15, 0.2) is 0 Å². The van der Waals surface area contributed by atoms with Gasteiger partial charge in [-0.3, -0.25) is 15.0 Å². The Morgan fingerprint density at radius 2 is 1.74 bits per heavy atom. The van der Waals surface area contributed by atoms with E-state index in [1.807, 2.05) is 4.72 Å². The summed E-state index contributed by atoms with van der Waals surface area (Å²) in [6, 6.07) is -2.34. The van der Waals surface area contributed by atoms with Crippen molar-refractivity contribution in [2.75, 3.05) is 13.7 Å². The lowest BCUT2D eigenvalue weighted by Gasteiger charge is -2.25. The van der Waals surface area contributed by atoms with Crippen LogP contribution in [-0.2, 0) is 29.3 Å². The maximum absolute atomic E-state index is 12.3. The molecule has 2 atom stereocenters. The standard InChI is InChI=1S/C15H26N4O7S/c1-8-9-19(27(23,24)18-11(3)13(21)25-7)17-12(20)10(2)16-14(22)26-15(4,5)6/h1,10-11,18H,9H2,2-7H3,(H,16,22)(H,17,20)/t10-,11-/m0/s1. The van der Waals surface area contributed by atoms with Gasteiger partial charge in [0.2, 0.25) is 0 Å². The van der Waals surface area contributed by atoms with Gasteiger partial charge in [-0.2, -0.15) is 13.1 Å². The van der Waals surface area contributed by atoms with Gasteiger partial charge in [-0.05, 0) is 34.6 Å². The second-order valence-electron chi connectivity index (χ2n) is 6.42. The minimum atomic E-state index is -4.36. The van der Waals surface area contributed by atoms with E-state index in [1.54, 1.807) is 20.8 Å². The van der Waals surface area contributed by atoms with Crippen LogP contribution in [0, 0.1) is 12.3 Å². The van der Waals surface area contributed by atoms with Crippen LogP contribution in [0.4, 0.5) is 4.79 Å². The number of ether oxygens (including phenoxy) is 2. The molecule has 0 saturated heterocycles. The van der Waals surface area contributed by atoms with Crippen molar-refractivity contribution in [3.05, 3.63) is 0 Å². The molecule has 154 valence electrons. The number of hydrogen-bond acceptors (Lipinski definition) is 7. The molecule has 27 heavy (non-hydrogen) atoms.